The third-order valence-electron chi connectivity index (χ3n) is 4.07. The molecule has 0 spiro atoms. The normalized spacial score (nSPS) is 13.4. The fourth-order valence-electron chi connectivity index (χ4n) is 2.40. The van der Waals surface area contributed by atoms with Crippen molar-refractivity contribution in [2.45, 2.75) is 39.3 Å². The number of nitrogens with one attached hydrogen (secondary N) is 2. The maximum Gasteiger partial charge on any atom is 0.321 e. The Morgan fingerprint density at radius 3 is 2.72 bits per heavy atom. The first-order valence-electron chi connectivity index (χ1n) is 8.27. The highest BCUT2D eigenvalue weighted by molar-refractivity contribution is 7.09. The number of thiazole rings is 1. The van der Waals surface area contributed by atoms with Crippen molar-refractivity contribution in [1.29, 1.82) is 0 Å². The van der Waals surface area contributed by atoms with Crippen molar-refractivity contribution < 1.29 is 9.59 Å². The topological polar surface area (TPSA) is 74.3 Å². The molecule has 0 bridgehead atoms. The monoisotopic (exact) mass is 358 g/mol. The molecule has 1 heterocycles. The van der Waals surface area contributed by atoms with Crippen molar-refractivity contribution >= 4 is 29.0 Å². The molecule has 1 fully saturated rings. The highest BCUT2D eigenvalue weighted by Crippen LogP contribution is 2.21. The van der Waals surface area contributed by atoms with Crippen LogP contribution in [-0.2, 0) is 6.54 Å². The molecule has 1 aromatic heterocycles. The fourth-order valence-corrected chi connectivity index (χ4v) is 3.00. The van der Waals surface area contributed by atoms with Crippen LogP contribution in [0.3, 0.4) is 0 Å². The van der Waals surface area contributed by atoms with Crippen LogP contribution in [0.1, 0.15) is 39.5 Å². The summed E-state index contributed by atoms with van der Waals surface area (Å²) in [4.78, 5) is 30.6. The van der Waals surface area contributed by atoms with E-state index in [9.17, 15) is 9.59 Å². The number of hydrogen-bond acceptors (Lipinski definition) is 4. The second-order valence-corrected chi connectivity index (χ2v) is 7.48. The van der Waals surface area contributed by atoms with Crippen LogP contribution in [0.4, 0.5) is 10.5 Å². The molecular weight excluding hydrogens is 336 g/mol. The fraction of sp³-hybridized carbons (Fsp3) is 0.389. The van der Waals surface area contributed by atoms with E-state index in [1.807, 2.05) is 25.3 Å². The molecular formula is C18H22N4O2S. The summed E-state index contributed by atoms with van der Waals surface area (Å²) in [5.74, 6) is -0.0932. The lowest BCUT2D eigenvalue weighted by molar-refractivity contribution is 0.0951. The summed E-state index contributed by atoms with van der Waals surface area (Å²) in [6.07, 6.45) is 2.09. The minimum atomic E-state index is -0.228. The molecule has 2 aromatic rings. The first-order chi connectivity index (χ1) is 11.9. The summed E-state index contributed by atoms with van der Waals surface area (Å²) in [5, 5.41) is 8.77. The van der Waals surface area contributed by atoms with E-state index >= 15 is 0 Å². The first-order valence-corrected chi connectivity index (χ1v) is 9.15. The van der Waals surface area contributed by atoms with Crippen molar-refractivity contribution in [2.24, 2.45) is 0 Å². The summed E-state index contributed by atoms with van der Waals surface area (Å²) in [6.45, 7) is 4.29. The SMILES string of the molecule is Cc1nc(CN(C)C(=O)Nc2cc(C(=O)NC3CC3)ccc2C)cs1. The first kappa shape index (κ1) is 17.4. The number of nitrogens with zero attached hydrogens (tertiary/aromatic N) is 2. The zero-order valence-electron chi connectivity index (χ0n) is 14.6. The van der Waals surface area contributed by atoms with Crippen molar-refractivity contribution in [2.75, 3.05) is 12.4 Å². The maximum atomic E-state index is 12.4. The number of carbonyl (C=O) groups is 2. The van der Waals surface area contributed by atoms with Gasteiger partial charge in [-0.3, -0.25) is 4.79 Å². The number of hydrogen-bond donors (Lipinski definition) is 2. The molecule has 3 amide bonds. The van der Waals surface area contributed by atoms with Crippen LogP contribution in [0.15, 0.2) is 23.6 Å². The molecule has 132 valence electrons. The van der Waals surface area contributed by atoms with Crippen molar-refractivity contribution in [3.63, 3.8) is 0 Å². The molecule has 0 atom stereocenters. The van der Waals surface area contributed by atoms with Gasteiger partial charge in [0, 0.05) is 29.7 Å². The largest absolute Gasteiger partial charge is 0.349 e. The summed E-state index contributed by atoms with van der Waals surface area (Å²) in [6, 6.07) is 5.44. The smallest absolute Gasteiger partial charge is 0.321 e. The third-order valence-corrected chi connectivity index (χ3v) is 4.89. The Labute approximate surface area is 151 Å². The van der Waals surface area contributed by atoms with E-state index in [-0.39, 0.29) is 11.9 Å². The quantitative estimate of drug-likeness (QED) is 0.861. The average molecular weight is 358 g/mol. The Hall–Kier alpha value is -2.41. The molecule has 1 saturated carbocycles. The minimum Gasteiger partial charge on any atom is -0.349 e. The van der Waals surface area contributed by atoms with E-state index in [4.69, 9.17) is 0 Å². The maximum absolute atomic E-state index is 12.4. The standard InChI is InChI=1S/C18H22N4O2S/c1-11-4-5-13(17(23)20-14-6-7-14)8-16(11)21-18(24)22(3)9-15-10-25-12(2)19-15/h4-5,8,10,14H,6-7,9H2,1-3H3,(H,20,23)(H,21,24). The van der Waals surface area contributed by atoms with Gasteiger partial charge < -0.3 is 15.5 Å². The van der Waals surface area contributed by atoms with Crippen molar-refractivity contribution in [3.05, 3.63) is 45.4 Å². The Kier molecular flexibility index (Phi) is 5.03. The highest BCUT2D eigenvalue weighted by Gasteiger charge is 2.24. The molecule has 2 N–H and O–H groups in total. The van der Waals surface area contributed by atoms with E-state index in [1.54, 1.807) is 35.4 Å². The number of carbonyl (C=O) groups excluding carboxylic acids is 2. The van der Waals surface area contributed by atoms with E-state index in [2.05, 4.69) is 15.6 Å². The molecule has 7 heteroatoms. The lowest BCUT2D eigenvalue weighted by Gasteiger charge is -2.18. The lowest BCUT2D eigenvalue weighted by atomic mass is 10.1. The van der Waals surface area contributed by atoms with Crippen LogP contribution in [0.2, 0.25) is 0 Å². The van der Waals surface area contributed by atoms with E-state index < -0.39 is 0 Å². The number of amides is 3. The number of benzene rings is 1. The number of anilines is 1. The van der Waals surface area contributed by atoms with Crippen LogP contribution < -0.4 is 10.6 Å². The second kappa shape index (κ2) is 7.23. The van der Waals surface area contributed by atoms with Gasteiger partial charge in [0.25, 0.3) is 5.91 Å². The summed E-state index contributed by atoms with van der Waals surface area (Å²) < 4.78 is 0. The zero-order valence-corrected chi connectivity index (χ0v) is 15.4. The molecule has 1 aliphatic rings. The Balaban J connectivity index is 1.65. The second-order valence-electron chi connectivity index (χ2n) is 6.42. The van der Waals surface area contributed by atoms with Crippen LogP contribution in [0.25, 0.3) is 0 Å². The van der Waals surface area contributed by atoms with Gasteiger partial charge in [0.05, 0.1) is 17.2 Å². The summed E-state index contributed by atoms with van der Waals surface area (Å²) in [5.41, 5.74) is 2.99. The van der Waals surface area contributed by atoms with Crippen LogP contribution >= 0.6 is 11.3 Å². The molecule has 6 nitrogen and oxygen atoms in total. The van der Waals surface area contributed by atoms with Gasteiger partial charge in [0.2, 0.25) is 0 Å². The van der Waals surface area contributed by atoms with E-state index in [0.717, 1.165) is 29.1 Å². The summed E-state index contributed by atoms with van der Waals surface area (Å²) >= 11 is 1.57. The molecule has 0 saturated heterocycles. The van der Waals surface area contributed by atoms with Gasteiger partial charge in [0.15, 0.2) is 0 Å². The Morgan fingerprint density at radius 1 is 1.32 bits per heavy atom. The third kappa shape index (κ3) is 4.57. The predicted molar refractivity (Wildman–Crippen MR) is 99.0 cm³/mol. The van der Waals surface area contributed by atoms with Gasteiger partial charge in [-0.25, -0.2) is 9.78 Å². The molecule has 1 aliphatic carbocycles. The van der Waals surface area contributed by atoms with Crippen LogP contribution in [-0.4, -0.2) is 34.9 Å². The van der Waals surface area contributed by atoms with Crippen LogP contribution in [0, 0.1) is 13.8 Å². The van der Waals surface area contributed by atoms with Crippen molar-refractivity contribution in [3.8, 4) is 0 Å². The highest BCUT2D eigenvalue weighted by atomic mass is 32.1. The average Bonchev–Trinajstić information content (AvgIpc) is 3.29. The van der Waals surface area contributed by atoms with Crippen LogP contribution in [0.5, 0.6) is 0 Å². The van der Waals surface area contributed by atoms with Gasteiger partial charge >= 0.3 is 6.03 Å². The van der Waals surface area contributed by atoms with Gasteiger partial charge in [-0.15, -0.1) is 11.3 Å². The Bertz CT molecular complexity index is 798. The van der Waals surface area contributed by atoms with Gasteiger partial charge in [0.1, 0.15) is 0 Å². The number of aromatic nitrogens is 1. The minimum absolute atomic E-state index is 0.0932. The predicted octanol–water partition coefficient (Wildman–Crippen LogP) is 3.32. The summed E-state index contributed by atoms with van der Waals surface area (Å²) in [7, 11) is 1.73. The van der Waals surface area contributed by atoms with Gasteiger partial charge in [-0.05, 0) is 44.4 Å². The zero-order chi connectivity index (χ0) is 18.0. The lowest BCUT2D eigenvalue weighted by Crippen LogP contribution is -2.31. The molecule has 3 rings (SSSR count). The van der Waals surface area contributed by atoms with E-state index in [1.165, 1.54) is 0 Å². The van der Waals surface area contributed by atoms with Gasteiger partial charge in [-0.2, -0.15) is 0 Å². The molecule has 0 aliphatic heterocycles. The molecule has 25 heavy (non-hydrogen) atoms. The molecule has 0 radical (unpaired) electrons. The molecule has 1 aromatic carbocycles. The number of aryl methyl sites for hydroxylation is 2. The Morgan fingerprint density at radius 2 is 2.08 bits per heavy atom. The number of rotatable bonds is 5. The molecule has 0 unspecified atom stereocenters. The number of urea groups is 1. The van der Waals surface area contributed by atoms with E-state index in [0.29, 0.717) is 23.8 Å². The van der Waals surface area contributed by atoms with Crippen molar-refractivity contribution in [1.82, 2.24) is 15.2 Å². The van der Waals surface area contributed by atoms with Gasteiger partial charge in [-0.1, -0.05) is 6.07 Å².